The predicted octanol–water partition coefficient (Wildman–Crippen LogP) is 8.56. The van der Waals surface area contributed by atoms with Crippen LogP contribution in [0.5, 0.6) is 5.75 Å². The number of aryl methyl sites for hydroxylation is 1. The molecule has 30 heavy (non-hydrogen) atoms. The number of phosphoric acid groups is 1. The predicted molar refractivity (Wildman–Crippen MR) is 124 cm³/mol. The van der Waals surface area contributed by atoms with Gasteiger partial charge in [0.05, 0.1) is 13.2 Å². The Balaban J connectivity index is 2.37. The zero-order valence-corrected chi connectivity index (χ0v) is 20.3. The van der Waals surface area contributed by atoms with Crippen molar-refractivity contribution in [3.8, 4) is 5.75 Å². The molecule has 0 saturated carbocycles. The first kappa shape index (κ1) is 27.2. The largest absolute Gasteiger partial charge is 0.511 e. The van der Waals surface area contributed by atoms with Crippen molar-refractivity contribution < 1.29 is 23.2 Å². The summed E-state index contributed by atoms with van der Waals surface area (Å²) in [4.78, 5) is 5.25. The third-order valence-electron chi connectivity index (χ3n) is 4.99. The SMILES string of the molecule is CCCCCCCCCOP(=O)(OCCCCCCCC)OOc1ccc(C)cc1. The highest BCUT2D eigenvalue weighted by molar-refractivity contribution is 7.48. The zero-order chi connectivity index (χ0) is 21.9. The van der Waals surface area contributed by atoms with Crippen molar-refractivity contribution in [3.63, 3.8) is 0 Å². The van der Waals surface area contributed by atoms with Gasteiger partial charge in [0.15, 0.2) is 5.75 Å². The number of unbranched alkanes of at least 4 members (excludes halogenated alkanes) is 11. The van der Waals surface area contributed by atoms with Crippen LogP contribution in [0.4, 0.5) is 0 Å². The smallest absolute Gasteiger partial charge is 0.327 e. The first-order valence-electron chi connectivity index (χ1n) is 11.9. The van der Waals surface area contributed by atoms with Crippen LogP contribution in [0.2, 0.25) is 0 Å². The van der Waals surface area contributed by atoms with Gasteiger partial charge < -0.3 is 4.89 Å². The molecule has 1 rings (SSSR count). The van der Waals surface area contributed by atoms with Crippen molar-refractivity contribution in [3.05, 3.63) is 29.8 Å². The summed E-state index contributed by atoms with van der Waals surface area (Å²) in [5, 5.41) is 0. The molecule has 0 spiro atoms. The van der Waals surface area contributed by atoms with Gasteiger partial charge in [-0.05, 0) is 31.9 Å². The molecular weight excluding hydrogens is 399 g/mol. The van der Waals surface area contributed by atoms with Crippen molar-refractivity contribution in [1.29, 1.82) is 0 Å². The number of phosphoric ester groups is 1. The maximum absolute atomic E-state index is 13.0. The molecule has 174 valence electrons. The van der Waals surface area contributed by atoms with Crippen LogP contribution in [0.15, 0.2) is 24.3 Å². The first-order valence-corrected chi connectivity index (χ1v) is 13.4. The Hall–Kier alpha value is -0.870. The van der Waals surface area contributed by atoms with E-state index >= 15 is 0 Å². The molecule has 0 saturated heterocycles. The molecule has 6 heteroatoms. The van der Waals surface area contributed by atoms with Gasteiger partial charge in [-0.3, -0.25) is 9.05 Å². The molecule has 0 radical (unpaired) electrons. The Labute approximate surface area is 184 Å². The summed E-state index contributed by atoms with van der Waals surface area (Å²) in [6, 6.07) is 7.34. The maximum atomic E-state index is 13.0. The Morgan fingerprint density at radius 1 is 0.667 bits per heavy atom. The third kappa shape index (κ3) is 14.2. The number of rotatable bonds is 20. The average molecular weight is 443 g/mol. The van der Waals surface area contributed by atoms with Gasteiger partial charge in [-0.15, -0.1) is 0 Å². The van der Waals surface area contributed by atoms with Crippen molar-refractivity contribution in [2.24, 2.45) is 0 Å². The topological polar surface area (TPSA) is 54.0 Å². The summed E-state index contributed by atoms with van der Waals surface area (Å²) >= 11 is 0. The highest BCUT2D eigenvalue weighted by atomic mass is 31.2. The van der Waals surface area contributed by atoms with Gasteiger partial charge in [0, 0.05) is 0 Å². The Morgan fingerprint density at radius 3 is 1.57 bits per heavy atom. The van der Waals surface area contributed by atoms with Gasteiger partial charge in [0.25, 0.3) is 0 Å². The van der Waals surface area contributed by atoms with Crippen LogP contribution in [0, 0.1) is 6.92 Å². The molecule has 0 aromatic heterocycles. The van der Waals surface area contributed by atoms with E-state index in [-0.39, 0.29) is 0 Å². The average Bonchev–Trinajstić information content (AvgIpc) is 2.75. The Bertz CT molecular complexity index is 561. The maximum Gasteiger partial charge on any atom is 0.511 e. The third-order valence-corrected chi connectivity index (χ3v) is 6.25. The number of hydrogen-bond donors (Lipinski definition) is 0. The molecule has 0 heterocycles. The fourth-order valence-corrected chi connectivity index (χ4v) is 4.10. The van der Waals surface area contributed by atoms with E-state index in [2.05, 4.69) is 13.8 Å². The fraction of sp³-hybridized carbons (Fsp3) is 0.750. The van der Waals surface area contributed by atoms with E-state index in [9.17, 15) is 4.57 Å². The van der Waals surface area contributed by atoms with E-state index in [1.807, 2.05) is 19.1 Å². The second-order valence-electron chi connectivity index (χ2n) is 7.97. The van der Waals surface area contributed by atoms with Crippen LogP contribution in [0.25, 0.3) is 0 Å². The van der Waals surface area contributed by atoms with E-state index in [1.54, 1.807) is 12.1 Å². The Morgan fingerprint density at radius 2 is 1.10 bits per heavy atom. The molecule has 1 unspecified atom stereocenters. The normalized spacial score (nSPS) is 13.3. The minimum absolute atomic E-state index is 0.345. The summed E-state index contributed by atoms with van der Waals surface area (Å²) in [6.07, 6.45) is 14.9. The molecule has 0 fully saturated rings. The van der Waals surface area contributed by atoms with E-state index in [0.717, 1.165) is 31.2 Å². The standard InChI is InChI=1S/C24H43O5P/c1-4-6-8-10-12-14-16-22-27-30(25,26-21-15-13-11-9-7-5-2)29-28-24-19-17-23(3)18-20-24/h17-20H,4-16,21-22H2,1-3H3. The second kappa shape index (κ2) is 17.8. The van der Waals surface area contributed by atoms with Crippen LogP contribution in [0.1, 0.15) is 103 Å². The van der Waals surface area contributed by atoms with Crippen molar-refractivity contribution in [2.75, 3.05) is 13.2 Å². The van der Waals surface area contributed by atoms with Gasteiger partial charge in [-0.1, -0.05) is 107 Å². The van der Waals surface area contributed by atoms with Gasteiger partial charge in [0.1, 0.15) is 0 Å². The molecule has 0 amide bonds. The van der Waals surface area contributed by atoms with Crippen LogP contribution < -0.4 is 4.89 Å². The van der Waals surface area contributed by atoms with E-state index in [0.29, 0.717) is 19.0 Å². The van der Waals surface area contributed by atoms with Gasteiger partial charge in [0.2, 0.25) is 0 Å². The van der Waals surface area contributed by atoms with Gasteiger partial charge in [-0.2, -0.15) is 0 Å². The van der Waals surface area contributed by atoms with Gasteiger partial charge in [-0.25, -0.2) is 4.57 Å². The molecule has 0 bridgehead atoms. The second-order valence-corrected chi connectivity index (χ2v) is 9.53. The molecule has 0 aliphatic rings. The molecular formula is C24H43O5P. The lowest BCUT2D eigenvalue weighted by molar-refractivity contribution is -0.132. The molecule has 1 atom stereocenters. The molecule has 5 nitrogen and oxygen atoms in total. The zero-order valence-electron chi connectivity index (χ0n) is 19.4. The monoisotopic (exact) mass is 442 g/mol. The van der Waals surface area contributed by atoms with Gasteiger partial charge >= 0.3 is 7.82 Å². The van der Waals surface area contributed by atoms with Crippen LogP contribution in [-0.2, 0) is 18.3 Å². The van der Waals surface area contributed by atoms with Crippen LogP contribution in [0.3, 0.4) is 0 Å². The molecule has 0 aliphatic heterocycles. The highest BCUT2D eigenvalue weighted by Crippen LogP contribution is 2.50. The molecule has 0 N–H and O–H groups in total. The Kier molecular flexibility index (Phi) is 16.1. The molecule has 1 aromatic carbocycles. The highest BCUT2D eigenvalue weighted by Gasteiger charge is 2.29. The van der Waals surface area contributed by atoms with Crippen molar-refractivity contribution in [2.45, 2.75) is 104 Å². The van der Waals surface area contributed by atoms with E-state index in [1.165, 1.54) is 57.8 Å². The van der Waals surface area contributed by atoms with E-state index in [4.69, 9.17) is 18.6 Å². The lowest BCUT2D eigenvalue weighted by atomic mass is 10.1. The lowest BCUT2D eigenvalue weighted by Gasteiger charge is -2.17. The minimum atomic E-state index is -3.75. The quantitative estimate of drug-likeness (QED) is 0.0876. The summed E-state index contributed by atoms with van der Waals surface area (Å²) < 4.78 is 29.2. The summed E-state index contributed by atoms with van der Waals surface area (Å²) in [6.45, 7) is 7.10. The van der Waals surface area contributed by atoms with Crippen molar-refractivity contribution >= 4 is 7.82 Å². The summed E-state index contributed by atoms with van der Waals surface area (Å²) in [7, 11) is -3.75. The fourth-order valence-electron chi connectivity index (χ4n) is 3.06. The number of hydrogen-bond acceptors (Lipinski definition) is 5. The van der Waals surface area contributed by atoms with Crippen LogP contribution in [-0.4, -0.2) is 13.2 Å². The first-order chi connectivity index (χ1) is 14.6. The van der Waals surface area contributed by atoms with Crippen molar-refractivity contribution in [1.82, 2.24) is 0 Å². The summed E-state index contributed by atoms with van der Waals surface area (Å²) in [5.74, 6) is 0.475. The minimum Gasteiger partial charge on any atom is -0.327 e. The lowest BCUT2D eigenvalue weighted by Crippen LogP contribution is -2.05. The molecule has 1 aromatic rings. The summed E-state index contributed by atoms with van der Waals surface area (Å²) in [5.41, 5.74) is 1.11. The van der Waals surface area contributed by atoms with Crippen LogP contribution >= 0.6 is 7.82 Å². The molecule has 0 aliphatic carbocycles. The van der Waals surface area contributed by atoms with E-state index < -0.39 is 7.82 Å². The number of benzene rings is 1.